The van der Waals surface area contributed by atoms with Gasteiger partial charge in [0.2, 0.25) is 10.0 Å². The van der Waals surface area contributed by atoms with Crippen LogP contribution in [0.15, 0.2) is 77.0 Å². The molecule has 0 aliphatic heterocycles. The number of carboxylic acid groups (broad SMARTS) is 1. The molecule has 234 valence electrons. The van der Waals surface area contributed by atoms with Crippen molar-refractivity contribution in [3.8, 4) is 27.5 Å². The third kappa shape index (κ3) is 6.96. The Labute approximate surface area is 267 Å². The molecule has 2 aromatic heterocycles. The third-order valence-corrected chi connectivity index (χ3v) is 9.67. The molecule has 0 saturated heterocycles. The number of carbonyl (C=O) groups is 1. The summed E-state index contributed by atoms with van der Waals surface area (Å²) >= 11 is 1.23. The van der Waals surface area contributed by atoms with Gasteiger partial charge < -0.3 is 10.6 Å². The minimum absolute atomic E-state index is 0. The van der Waals surface area contributed by atoms with E-state index < -0.39 is 22.8 Å². The van der Waals surface area contributed by atoms with Crippen LogP contribution in [0.2, 0.25) is 0 Å². The van der Waals surface area contributed by atoms with E-state index in [2.05, 4.69) is 62.2 Å². The summed E-state index contributed by atoms with van der Waals surface area (Å²) in [5, 5.41) is 22.1. The summed E-state index contributed by atoms with van der Waals surface area (Å²) in [5.74, 6) is -1.21. The van der Waals surface area contributed by atoms with Gasteiger partial charge in [-0.1, -0.05) is 73.5 Å². The van der Waals surface area contributed by atoms with Gasteiger partial charge in [0.1, 0.15) is 0 Å². The lowest BCUT2D eigenvalue weighted by atomic mass is 9.86. The van der Waals surface area contributed by atoms with Crippen molar-refractivity contribution in [3.63, 3.8) is 0 Å². The van der Waals surface area contributed by atoms with E-state index in [1.165, 1.54) is 34.4 Å². The van der Waals surface area contributed by atoms with Gasteiger partial charge in [-0.3, -0.25) is 0 Å². The summed E-state index contributed by atoms with van der Waals surface area (Å²) in [4.78, 5) is 16.0. The average molecular weight is 647 g/mol. The second-order valence-electron chi connectivity index (χ2n) is 12.4. The van der Waals surface area contributed by atoms with E-state index in [9.17, 15) is 18.5 Å². The Kier molecular flexibility index (Phi) is 9.18. The van der Waals surface area contributed by atoms with Crippen LogP contribution in [0.1, 0.15) is 66.5 Å². The predicted molar refractivity (Wildman–Crippen MR) is 175 cm³/mol. The molecule has 11 heteroatoms. The summed E-state index contributed by atoms with van der Waals surface area (Å²) in [6, 6.07) is 21.4. The number of thiol groups is 1. The highest BCUT2D eigenvalue weighted by Gasteiger charge is 2.29. The van der Waals surface area contributed by atoms with Crippen LogP contribution < -0.4 is 5.14 Å². The largest absolute Gasteiger partial charge is 0.870 e. The zero-order valence-corrected chi connectivity index (χ0v) is 26.9. The fraction of sp³-hybridized carbons (Fsp3) is 0.265. The minimum Gasteiger partial charge on any atom is -0.870 e. The average Bonchev–Trinajstić information content (AvgIpc) is 3.54. The van der Waals surface area contributed by atoms with E-state index in [0.717, 1.165) is 52.9 Å². The standard InChI is InChI=1S/C34H33FN4O3S2.H2O/c1-34(2,3)25-12-10-22(11-13-25)23-5-4-6-24(18-23)31-26(15-21-9-14-30(44(36)42)27(35)16-21)29(17-20-7-8-20)39(38-31)33-37-28(19-43-33)32(40)41;/h4-6,9-14,16,18-20H,7-8,15,17H2,1-3H3,(H2,36,42)(H,40,41);1H2. The molecule has 1 aliphatic carbocycles. The van der Waals surface area contributed by atoms with Crippen molar-refractivity contribution in [1.29, 1.82) is 0 Å². The van der Waals surface area contributed by atoms with Crippen LogP contribution in [0.25, 0.3) is 27.5 Å². The van der Waals surface area contributed by atoms with Crippen LogP contribution >= 0.6 is 11.3 Å². The maximum atomic E-state index is 14.9. The van der Waals surface area contributed by atoms with Gasteiger partial charge in [0, 0.05) is 22.9 Å². The molecule has 5 aromatic rings. The van der Waals surface area contributed by atoms with Gasteiger partial charge in [-0.05, 0) is 71.0 Å². The van der Waals surface area contributed by atoms with Crippen LogP contribution in [0.4, 0.5) is 4.39 Å². The van der Waals surface area contributed by atoms with E-state index in [0.29, 0.717) is 23.0 Å². The number of benzene rings is 3. The highest BCUT2D eigenvalue weighted by Crippen LogP contribution is 2.39. The topological polar surface area (TPSA) is 141 Å². The van der Waals surface area contributed by atoms with Gasteiger partial charge >= 0.3 is 5.97 Å². The van der Waals surface area contributed by atoms with Gasteiger partial charge in [0.15, 0.2) is 22.5 Å². The Hall–Kier alpha value is -4.03. The Morgan fingerprint density at radius 1 is 1.07 bits per heavy atom. The number of aromatic carboxylic acids is 1. The number of halogens is 1. The van der Waals surface area contributed by atoms with Gasteiger partial charge in [-0.25, -0.2) is 18.9 Å². The molecule has 0 amide bonds. The van der Waals surface area contributed by atoms with E-state index in [4.69, 9.17) is 10.2 Å². The Morgan fingerprint density at radius 3 is 2.38 bits per heavy atom. The molecule has 3 aromatic carbocycles. The number of hydrogen-bond acceptors (Lipinski definition) is 6. The molecule has 45 heavy (non-hydrogen) atoms. The quantitative estimate of drug-likeness (QED) is 0.129. The summed E-state index contributed by atoms with van der Waals surface area (Å²) in [5.41, 5.74) is 7.57. The van der Waals surface area contributed by atoms with Crippen molar-refractivity contribution < 1.29 is 24.0 Å². The normalized spacial score (nSPS) is 13.8. The first-order valence-electron chi connectivity index (χ1n) is 14.5. The number of carboxylic acids is 1. The van der Waals surface area contributed by atoms with Crippen molar-refractivity contribution >= 4 is 28.3 Å². The van der Waals surface area contributed by atoms with Crippen molar-refractivity contribution in [3.05, 3.63) is 106 Å². The molecule has 4 N–H and O–H groups in total. The van der Waals surface area contributed by atoms with Crippen LogP contribution in [-0.2, 0) is 33.5 Å². The lowest BCUT2D eigenvalue weighted by molar-refractivity contribution is 0.0691. The second-order valence-corrected chi connectivity index (χ2v) is 14.3. The van der Waals surface area contributed by atoms with Crippen molar-refractivity contribution in [2.75, 3.05) is 0 Å². The summed E-state index contributed by atoms with van der Waals surface area (Å²) in [6.07, 6.45) is 3.32. The summed E-state index contributed by atoms with van der Waals surface area (Å²) in [7, 11) is -2.30. The maximum Gasteiger partial charge on any atom is 0.355 e. The number of nitrogens with zero attached hydrogens (tertiary/aromatic N) is 3. The molecule has 6 rings (SSSR count). The lowest BCUT2D eigenvalue weighted by Gasteiger charge is -2.19. The van der Waals surface area contributed by atoms with E-state index >= 15 is 0 Å². The van der Waals surface area contributed by atoms with E-state index in [1.807, 2.05) is 12.1 Å². The Balaban J connectivity index is 0.00000400. The number of rotatable bonds is 9. The highest BCUT2D eigenvalue weighted by molar-refractivity contribution is 7.82. The van der Waals surface area contributed by atoms with E-state index in [-0.39, 0.29) is 21.5 Å². The zero-order valence-electron chi connectivity index (χ0n) is 25.2. The van der Waals surface area contributed by atoms with Crippen LogP contribution in [0.5, 0.6) is 0 Å². The predicted octanol–water partition coefficient (Wildman–Crippen LogP) is 7.09. The first-order valence-corrected chi connectivity index (χ1v) is 16.7. The molecule has 0 spiro atoms. The molecular formula is C34H35FN4O4S2. The summed E-state index contributed by atoms with van der Waals surface area (Å²) < 4.78 is 28.5. The molecule has 0 bridgehead atoms. The van der Waals surface area contributed by atoms with Gasteiger partial charge in [0.05, 0.1) is 11.4 Å². The molecule has 1 aliphatic rings. The molecule has 8 nitrogen and oxygen atoms in total. The molecule has 2 heterocycles. The molecule has 1 atom stereocenters. The van der Waals surface area contributed by atoms with Crippen LogP contribution in [-0.4, -0.2) is 31.3 Å². The first-order chi connectivity index (χ1) is 21.0. The fourth-order valence-corrected chi connectivity index (χ4v) is 6.65. The number of nitrogens with two attached hydrogens (primary N) is 1. The van der Waals surface area contributed by atoms with Crippen LogP contribution in [0, 0.1) is 11.7 Å². The molecular weight excluding hydrogens is 612 g/mol. The Morgan fingerprint density at radius 2 is 1.78 bits per heavy atom. The number of thiazole rings is 1. The minimum atomic E-state index is -2.30. The fourth-order valence-electron chi connectivity index (χ4n) is 5.38. The van der Waals surface area contributed by atoms with Crippen molar-refractivity contribution in [2.24, 2.45) is 11.1 Å². The molecule has 0 radical (unpaired) electrons. The second kappa shape index (κ2) is 12.8. The maximum absolute atomic E-state index is 14.9. The molecule has 1 fully saturated rings. The van der Waals surface area contributed by atoms with Gasteiger partial charge in [0.25, 0.3) is 0 Å². The Bertz CT molecular complexity index is 1890. The SMILES string of the molecule is CC(C)(C)c1ccc(-c2cccc(-c3nn(-c4nc(C(=O)O)cs4)c(CC4CC4)c3Cc3ccc([SH+](N)=O)c(F)c3)c2)cc1.[OH-]. The zero-order chi connectivity index (χ0) is 31.2. The third-order valence-electron chi connectivity index (χ3n) is 8.01. The van der Waals surface area contributed by atoms with Crippen molar-refractivity contribution in [2.45, 2.75) is 56.8 Å². The molecule has 1 unspecified atom stereocenters. The summed E-state index contributed by atoms with van der Waals surface area (Å²) in [6.45, 7) is 6.57. The van der Waals surface area contributed by atoms with Crippen LogP contribution in [0.3, 0.4) is 0 Å². The van der Waals surface area contributed by atoms with Gasteiger partial charge in [-0.2, -0.15) is 5.10 Å². The molecule has 1 saturated carbocycles. The van der Waals surface area contributed by atoms with Crippen molar-refractivity contribution in [1.82, 2.24) is 14.8 Å². The van der Waals surface area contributed by atoms with Gasteiger partial charge in [-0.15, -0.1) is 16.5 Å². The number of hydrogen-bond donors (Lipinski definition) is 2. The first kappa shape index (κ1) is 32.4. The lowest BCUT2D eigenvalue weighted by Crippen LogP contribution is -2.10. The highest BCUT2D eigenvalue weighted by atomic mass is 32.2. The smallest absolute Gasteiger partial charge is 0.355 e. The number of aromatic nitrogens is 3. The monoisotopic (exact) mass is 646 g/mol. The van der Waals surface area contributed by atoms with E-state index in [1.54, 1.807) is 10.7 Å².